The number of aliphatic imine (C=N–C) groups is 1. The molecule has 2 N–H and O–H groups in total. The number of amides is 1. The lowest BCUT2D eigenvalue weighted by Gasteiger charge is -2.26. The number of benzene rings is 1. The number of hydrogen-bond donors (Lipinski definition) is 2. The van der Waals surface area contributed by atoms with Crippen LogP contribution < -0.4 is 20.1 Å². The molecule has 0 spiro atoms. The van der Waals surface area contributed by atoms with E-state index in [9.17, 15) is 4.79 Å². The highest BCUT2D eigenvalue weighted by molar-refractivity contribution is 5.81. The second-order valence-corrected chi connectivity index (χ2v) is 7.86. The number of ether oxygens (including phenoxy) is 2. The van der Waals surface area contributed by atoms with Gasteiger partial charge in [0.25, 0.3) is 0 Å². The highest BCUT2D eigenvalue weighted by atomic mass is 16.7. The number of carbonyl (C=O) groups is 1. The van der Waals surface area contributed by atoms with Crippen molar-refractivity contribution in [3.63, 3.8) is 0 Å². The average molecular weight is 386 g/mol. The summed E-state index contributed by atoms with van der Waals surface area (Å²) in [6.45, 7) is 2.53. The molecule has 4 rings (SSSR count). The first-order valence-corrected chi connectivity index (χ1v) is 10.4. The van der Waals surface area contributed by atoms with Gasteiger partial charge in [0.2, 0.25) is 12.7 Å². The van der Waals surface area contributed by atoms with Crippen LogP contribution in [0.3, 0.4) is 0 Å². The van der Waals surface area contributed by atoms with Gasteiger partial charge in [0.1, 0.15) is 0 Å². The van der Waals surface area contributed by atoms with E-state index >= 15 is 0 Å². The molecule has 28 heavy (non-hydrogen) atoms. The molecule has 1 aromatic rings. The third kappa shape index (κ3) is 4.34. The Kier molecular flexibility index (Phi) is 5.88. The Bertz CT molecular complexity index is 730. The van der Waals surface area contributed by atoms with E-state index in [-0.39, 0.29) is 18.8 Å². The van der Waals surface area contributed by atoms with Crippen molar-refractivity contribution in [3.8, 4) is 11.5 Å². The summed E-state index contributed by atoms with van der Waals surface area (Å²) in [4.78, 5) is 19.1. The minimum atomic E-state index is 0.246. The number of fused-ring (bicyclic) bond motifs is 1. The molecule has 0 radical (unpaired) electrons. The van der Waals surface area contributed by atoms with Crippen LogP contribution >= 0.6 is 0 Å². The fourth-order valence-corrected chi connectivity index (χ4v) is 4.31. The first kappa shape index (κ1) is 18.9. The number of likely N-dealkylation sites (tertiary alicyclic amines) is 1. The van der Waals surface area contributed by atoms with Gasteiger partial charge in [-0.05, 0) is 37.0 Å². The summed E-state index contributed by atoms with van der Waals surface area (Å²) in [5.41, 5.74) is 1.10. The van der Waals surface area contributed by atoms with Crippen LogP contribution in [0.1, 0.15) is 44.1 Å². The highest BCUT2D eigenvalue weighted by Crippen LogP contribution is 2.32. The SMILES string of the molecule is CN=C(NCc1ccc2c(c1)OCO2)NC1CCN(C(=O)C2CCCCC2)C1. The lowest BCUT2D eigenvalue weighted by molar-refractivity contribution is -0.135. The summed E-state index contributed by atoms with van der Waals surface area (Å²) in [6.07, 6.45) is 6.76. The zero-order valence-corrected chi connectivity index (χ0v) is 16.6. The lowest BCUT2D eigenvalue weighted by Crippen LogP contribution is -2.45. The number of carbonyl (C=O) groups excluding carboxylic acids is 1. The van der Waals surface area contributed by atoms with Crippen molar-refractivity contribution >= 4 is 11.9 Å². The van der Waals surface area contributed by atoms with Crippen LogP contribution in [0, 0.1) is 5.92 Å². The maximum absolute atomic E-state index is 12.7. The molecule has 7 heteroatoms. The van der Waals surface area contributed by atoms with Crippen molar-refractivity contribution in [3.05, 3.63) is 23.8 Å². The molecule has 7 nitrogen and oxygen atoms in total. The number of nitrogens with zero attached hydrogens (tertiary/aromatic N) is 2. The van der Waals surface area contributed by atoms with Gasteiger partial charge in [0, 0.05) is 38.6 Å². The molecule has 2 aliphatic heterocycles. The van der Waals surface area contributed by atoms with Crippen molar-refractivity contribution in [1.82, 2.24) is 15.5 Å². The minimum Gasteiger partial charge on any atom is -0.454 e. The summed E-state index contributed by atoms with van der Waals surface area (Å²) in [6, 6.07) is 6.19. The zero-order valence-electron chi connectivity index (χ0n) is 16.6. The number of guanidine groups is 1. The van der Waals surface area contributed by atoms with E-state index in [2.05, 4.69) is 15.6 Å². The van der Waals surface area contributed by atoms with Crippen molar-refractivity contribution in [2.24, 2.45) is 10.9 Å². The van der Waals surface area contributed by atoms with Crippen LogP contribution in [0.2, 0.25) is 0 Å². The van der Waals surface area contributed by atoms with Crippen molar-refractivity contribution in [1.29, 1.82) is 0 Å². The lowest BCUT2D eigenvalue weighted by atomic mass is 9.88. The summed E-state index contributed by atoms with van der Waals surface area (Å²) >= 11 is 0. The number of nitrogens with one attached hydrogen (secondary N) is 2. The van der Waals surface area contributed by atoms with Crippen molar-refractivity contribution < 1.29 is 14.3 Å². The molecule has 1 unspecified atom stereocenters. The maximum atomic E-state index is 12.7. The summed E-state index contributed by atoms with van der Waals surface area (Å²) in [5, 5.41) is 6.82. The molecule has 152 valence electrons. The van der Waals surface area contributed by atoms with Crippen LogP contribution in [0.4, 0.5) is 0 Å². The molecule has 1 amide bonds. The van der Waals surface area contributed by atoms with E-state index in [1.54, 1.807) is 7.05 Å². The number of rotatable bonds is 4. The van der Waals surface area contributed by atoms with Crippen molar-refractivity contribution in [2.75, 3.05) is 26.9 Å². The van der Waals surface area contributed by atoms with Crippen LogP contribution in [-0.2, 0) is 11.3 Å². The van der Waals surface area contributed by atoms with Crippen molar-refractivity contribution in [2.45, 2.75) is 51.1 Å². The molecule has 1 aliphatic carbocycles. The third-order valence-corrected chi connectivity index (χ3v) is 5.92. The first-order valence-electron chi connectivity index (χ1n) is 10.4. The van der Waals surface area contributed by atoms with Gasteiger partial charge in [-0.15, -0.1) is 0 Å². The van der Waals surface area contributed by atoms with Gasteiger partial charge in [0.05, 0.1) is 0 Å². The Hall–Kier alpha value is -2.44. The molecule has 2 heterocycles. The van der Waals surface area contributed by atoms with Gasteiger partial charge in [-0.3, -0.25) is 9.79 Å². The predicted molar refractivity (Wildman–Crippen MR) is 107 cm³/mol. The fourth-order valence-electron chi connectivity index (χ4n) is 4.31. The van der Waals surface area contributed by atoms with Gasteiger partial charge in [-0.25, -0.2) is 0 Å². The van der Waals surface area contributed by atoms with Gasteiger partial charge < -0.3 is 25.0 Å². The Morgan fingerprint density at radius 1 is 1.18 bits per heavy atom. The molecule has 0 bridgehead atoms. The molecule has 0 aromatic heterocycles. The Morgan fingerprint density at radius 2 is 2.00 bits per heavy atom. The van der Waals surface area contributed by atoms with E-state index in [1.165, 1.54) is 19.3 Å². The quantitative estimate of drug-likeness (QED) is 0.613. The Morgan fingerprint density at radius 3 is 2.82 bits per heavy atom. The second kappa shape index (κ2) is 8.71. The smallest absolute Gasteiger partial charge is 0.231 e. The van der Waals surface area contributed by atoms with Gasteiger partial charge in [-0.1, -0.05) is 25.3 Å². The third-order valence-electron chi connectivity index (χ3n) is 5.92. The normalized spacial score (nSPS) is 22.4. The molecule has 2 fully saturated rings. The molecule has 1 aromatic carbocycles. The van der Waals surface area contributed by atoms with Crippen LogP contribution in [0.15, 0.2) is 23.2 Å². The predicted octanol–water partition coefficient (Wildman–Crippen LogP) is 2.26. The summed E-state index contributed by atoms with van der Waals surface area (Å²) in [5.74, 6) is 2.94. The molecule has 1 saturated heterocycles. The van der Waals surface area contributed by atoms with Crippen LogP contribution in [0.5, 0.6) is 11.5 Å². The monoisotopic (exact) mass is 386 g/mol. The second-order valence-electron chi connectivity index (χ2n) is 7.86. The Labute approximate surface area is 166 Å². The maximum Gasteiger partial charge on any atom is 0.231 e. The molecular weight excluding hydrogens is 356 g/mol. The number of hydrogen-bond acceptors (Lipinski definition) is 4. The Balaban J connectivity index is 1.25. The summed E-state index contributed by atoms with van der Waals surface area (Å²) < 4.78 is 10.8. The van der Waals surface area contributed by atoms with E-state index < -0.39 is 0 Å². The van der Waals surface area contributed by atoms with Crippen LogP contribution in [0.25, 0.3) is 0 Å². The topological polar surface area (TPSA) is 75.2 Å². The largest absolute Gasteiger partial charge is 0.454 e. The highest BCUT2D eigenvalue weighted by Gasteiger charge is 2.31. The molecular formula is C21H30N4O3. The van der Waals surface area contributed by atoms with Gasteiger partial charge >= 0.3 is 0 Å². The van der Waals surface area contributed by atoms with E-state index in [0.717, 1.165) is 55.4 Å². The van der Waals surface area contributed by atoms with E-state index in [4.69, 9.17) is 9.47 Å². The van der Waals surface area contributed by atoms with Gasteiger partial charge in [0.15, 0.2) is 17.5 Å². The van der Waals surface area contributed by atoms with Gasteiger partial charge in [-0.2, -0.15) is 0 Å². The minimum absolute atomic E-state index is 0.246. The van der Waals surface area contributed by atoms with Crippen LogP contribution in [-0.4, -0.2) is 49.7 Å². The summed E-state index contributed by atoms with van der Waals surface area (Å²) in [7, 11) is 1.77. The fraction of sp³-hybridized carbons (Fsp3) is 0.619. The molecule has 3 aliphatic rings. The van der Waals surface area contributed by atoms with E-state index in [1.807, 2.05) is 23.1 Å². The standard InChI is InChI=1S/C21H30N4O3/c1-22-21(23-12-15-7-8-18-19(11-15)28-14-27-18)24-17-9-10-25(13-17)20(26)16-5-3-2-4-6-16/h7-8,11,16-17H,2-6,9-10,12-14H2,1H3,(H2,22,23,24). The first-order chi connectivity index (χ1) is 13.7. The molecule has 1 atom stereocenters. The van der Waals surface area contributed by atoms with E-state index in [0.29, 0.717) is 12.5 Å². The zero-order chi connectivity index (χ0) is 19.3. The molecule has 1 saturated carbocycles. The average Bonchev–Trinajstić information content (AvgIpc) is 3.40.